The molecule has 0 aliphatic rings. The number of halogens is 1. The molecule has 2 aromatic carbocycles. The summed E-state index contributed by atoms with van der Waals surface area (Å²) in [6.07, 6.45) is 0. The first kappa shape index (κ1) is 15.3. The van der Waals surface area contributed by atoms with Crippen LogP contribution < -0.4 is 10.5 Å². The van der Waals surface area contributed by atoms with Gasteiger partial charge in [0, 0.05) is 10.5 Å². The van der Waals surface area contributed by atoms with Crippen LogP contribution >= 0.6 is 15.9 Å². The van der Waals surface area contributed by atoms with Crippen LogP contribution in [0.4, 0.5) is 17.1 Å². The first-order valence-electron chi connectivity index (χ1n) is 5.62. The van der Waals surface area contributed by atoms with Crippen molar-refractivity contribution >= 4 is 43.0 Å². The summed E-state index contributed by atoms with van der Waals surface area (Å²) in [5.74, 6) is 0. The van der Waals surface area contributed by atoms with E-state index in [0.717, 1.165) is 6.07 Å². The largest absolute Gasteiger partial charge is 0.393 e. The summed E-state index contributed by atoms with van der Waals surface area (Å²) in [7, 11) is -3.95. The Kier molecular flexibility index (Phi) is 4.14. The van der Waals surface area contributed by atoms with Crippen LogP contribution in [-0.2, 0) is 10.0 Å². The number of nitro benzene ring substituents is 1. The fourth-order valence-electron chi connectivity index (χ4n) is 1.60. The number of nitrogen functional groups attached to an aromatic ring is 1. The Morgan fingerprint density at radius 3 is 2.48 bits per heavy atom. The Balaban J connectivity index is 2.43. The van der Waals surface area contributed by atoms with Crippen molar-refractivity contribution in [1.29, 1.82) is 0 Å². The second kappa shape index (κ2) is 5.70. The van der Waals surface area contributed by atoms with Crippen molar-refractivity contribution in [2.75, 3.05) is 10.5 Å². The number of nitrogens with one attached hydrogen (secondary N) is 1. The van der Waals surface area contributed by atoms with Crippen LogP contribution in [0.2, 0.25) is 0 Å². The molecular weight excluding hydrogens is 362 g/mol. The molecule has 0 bridgehead atoms. The zero-order valence-electron chi connectivity index (χ0n) is 10.5. The molecule has 0 amide bonds. The number of hydrogen-bond acceptors (Lipinski definition) is 5. The Labute approximate surface area is 129 Å². The number of hydrogen-bond donors (Lipinski definition) is 2. The molecule has 0 aromatic heterocycles. The van der Waals surface area contributed by atoms with E-state index >= 15 is 0 Å². The standard InChI is InChI=1S/C12H10BrN3O4S/c13-9-3-1-2-4-11(9)15-21(19,20)8-5-6-10(14)12(7-8)16(17)18/h1-7,15H,14H2. The predicted molar refractivity (Wildman–Crippen MR) is 82.5 cm³/mol. The third kappa shape index (κ3) is 3.31. The van der Waals surface area contributed by atoms with Gasteiger partial charge in [-0.25, -0.2) is 8.42 Å². The zero-order valence-corrected chi connectivity index (χ0v) is 12.9. The first-order chi connectivity index (χ1) is 9.81. The third-order valence-corrected chi connectivity index (χ3v) is 4.68. The van der Waals surface area contributed by atoms with E-state index in [4.69, 9.17) is 5.73 Å². The lowest BCUT2D eigenvalue weighted by Gasteiger charge is -2.10. The first-order valence-corrected chi connectivity index (χ1v) is 7.90. The molecule has 0 aliphatic carbocycles. The molecule has 0 radical (unpaired) electrons. The fraction of sp³-hybridized carbons (Fsp3) is 0. The SMILES string of the molecule is Nc1ccc(S(=O)(=O)Nc2ccccc2Br)cc1[N+](=O)[O-]. The molecule has 9 heteroatoms. The van der Waals surface area contributed by atoms with E-state index in [1.54, 1.807) is 24.3 Å². The normalized spacial score (nSPS) is 11.1. The average molecular weight is 372 g/mol. The molecule has 0 heterocycles. The number of nitrogens with two attached hydrogens (primary N) is 1. The van der Waals surface area contributed by atoms with E-state index in [2.05, 4.69) is 20.7 Å². The maximum absolute atomic E-state index is 12.2. The Morgan fingerprint density at radius 2 is 1.86 bits per heavy atom. The second-order valence-corrected chi connectivity index (χ2v) is 6.60. The molecule has 21 heavy (non-hydrogen) atoms. The maximum Gasteiger partial charge on any atom is 0.293 e. The Bertz CT molecular complexity index is 808. The highest BCUT2D eigenvalue weighted by Crippen LogP contribution is 2.28. The van der Waals surface area contributed by atoms with Gasteiger partial charge in [0.15, 0.2) is 0 Å². The number of benzene rings is 2. The van der Waals surface area contributed by atoms with Gasteiger partial charge in [0.05, 0.1) is 15.5 Å². The van der Waals surface area contributed by atoms with Gasteiger partial charge in [-0.15, -0.1) is 0 Å². The number of anilines is 2. The van der Waals surface area contributed by atoms with Crippen molar-refractivity contribution < 1.29 is 13.3 Å². The van der Waals surface area contributed by atoms with Gasteiger partial charge >= 0.3 is 0 Å². The van der Waals surface area contributed by atoms with Crippen molar-refractivity contribution in [3.05, 3.63) is 57.1 Å². The summed E-state index contributed by atoms with van der Waals surface area (Å²) in [6, 6.07) is 9.95. The highest BCUT2D eigenvalue weighted by molar-refractivity contribution is 9.10. The number of sulfonamides is 1. The summed E-state index contributed by atoms with van der Waals surface area (Å²) in [4.78, 5) is 9.85. The van der Waals surface area contributed by atoms with Crippen LogP contribution in [-0.4, -0.2) is 13.3 Å². The van der Waals surface area contributed by atoms with E-state index in [1.165, 1.54) is 12.1 Å². The van der Waals surface area contributed by atoms with Gasteiger partial charge in [-0.05, 0) is 40.2 Å². The molecule has 2 aromatic rings. The van der Waals surface area contributed by atoms with Crippen molar-refractivity contribution in [3.63, 3.8) is 0 Å². The summed E-state index contributed by atoms with van der Waals surface area (Å²) < 4.78 is 27.4. The zero-order chi connectivity index (χ0) is 15.6. The van der Waals surface area contributed by atoms with Crippen LogP contribution in [0.1, 0.15) is 0 Å². The topological polar surface area (TPSA) is 115 Å². The van der Waals surface area contributed by atoms with E-state index < -0.39 is 20.6 Å². The summed E-state index contributed by atoms with van der Waals surface area (Å²) in [5.41, 5.74) is 5.23. The summed E-state index contributed by atoms with van der Waals surface area (Å²) in [5, 5.41) is 10.8. The summed E-state index contributed by atoms with van der Waals surface area (Å²) >= 11 is 3.22. The number of rotatable bonds is 4. The van der Waals surface area contributed by atoms with E-state index in [-0.39, 0.29) is 10.6 Å². The number of nitro groups is 1. The molecule has 7 nitrogen and oxygen atoms in total. The smallest absolute Gasteiger partial charge is 0.293 e. The Hall–Kier alpha value is -2.13. The predicted octanol–water partition coefficient (Wildman–Crippen LogP) is 2.74. The highest BCUT2D eigenvalue weighted by atomic mass is 79.9. The van der Waals surface area contributed by atoms with E-state index in [1.807, 2.05) is 0 Å². The quantitative estimate of drug-likeness (QED) is 0.486. The Morgan fingerprint density at radius 1 is 1.19 bits per heavy atom. The van der Waals surface area contributed by atoms with Gasteiger partial charge < -0.3 is 5.73 Å². The minimum Gasteiger partial charge on any atom is -0.393 e. The van der Waals surface area contributed by atoms with E-state index in [0.29, 0.717) is 10.2 Å². The minimum atomic E-state index is -3.95. The second-order valence-electron chi connectivity index (χ2n) is 4.06. The molecule has 0 fully saturated rings. The molecule has 0 unspecified atom stereocenters. The lowest BCUT2D eigenvalue weighted by molar-refractivity contribution is -0.384. The summed E-state index contributed by atoms with van der Waals surface area (Å²) in [6.45, 7) is 0. The molecule has 0 aliphatic heterocycles. The highest BCUT2D eigenvalue weighted by Gasteiger charge is 2.20. The molecule has 0 spiro atoms. The fourth-order valence-corrected chi connectivity index (χ4v) is 3.21. The molecule has 0 saturated carbocycles. The van der Waals surface area contributed by atoms with Crippen LogP contribution in [0.25, 0.3) is 0 Å². The van der Waals surface area contributed by atoms with Gasteiger partial charge in [-0.3, -0.25) is 14.8 Å². The van der Waals surface area contributed by atoms with Crippen molar-refractivity contribution in [2.45, 2.75) is 4.90 Å². The number of para-hydroxylation sites is 1. The molecular formula is C12H10BrN3O4S. The van der Waals surface area contributed by atoms with Crippen LogP contribution in [0, 0.1) is 10.1 Å². The lowest BCUT2D eigenvalue weighted by Crippen LogP contribution is -2.13. The molecule has 2 rings (SSSR count). The lowest BCUT2D eigenvalue weighted by atomic mass is 10.3. The molecule has 110 valence electrons. The van der Waals surface area contributed by atoms with Crippen molar-refractivity contribution in [2.24, 2.45) is 0 Å². The molecule has 3 N–H and O–H groups in total. The van der Waals surface area contributed by atoms with Gasteiger partial charge in [0.1, 0.15) is 5.69 Å². The number of nitrogens with zero attached hydrogens (tertiary/aromatic N) is 1. The van der Waals surface area contributed by atoms with Crippen molar-refractivity contribution in [1.82, 2.24) is 0 Å². The van der Waals surface area contributed by atoms with Gasteiger partial charge in [0.25, 0.3) is 15.7 Å². The third-order valence-electron chi connectivity index (χ3n) is 2.63. The maximum atomic E-state index is 12.2. The van der Waals surface area contributed by atoms with Gasteiger partial charge in [0.2, 0.25) is 0 Å². The minimum absolute atomic E-state index is 0.0974. The van der Waals surface area contributed by atoms with E-state index in [9.17, 15) is 18.5 Å². The molecule has 0 saturated heterocycles. The van der Waals surface area contributed by atoms with Crippen LogP contribution in [0.15, 0.2) is 51.8 Å². The average Bonchev–Trinajstić information content (AvgIpc) is 2.41. The van der Waals surface area contributed by atoms with Crippen LogP contribution in [0.3, 0.4) is 0 Å². The molecule has 0 atom stereocenters. The van der Waals surface area contributed by atoms with Gasteiger partial charge in [-0.2, -0.15) is 0 Å². The van der Waals surface area contributed by atoms with Crippen molar-refractivity contribution in [3.8, 4) is 0 Å². The van der Waals surface area contributed by atoms with Crippen LogP contribution in [0.5, 0.6) is 0 Å². The van der Waals surface area contributed by atoms with Gasteiger partial charge in [-0.1, -0.05) is 12.1 Å². The monoisotopic (exact) mass is 371 g/mol.